The standard InChI is InChI=1S/C16H26N4O3S/c1-11(2)9-12(15(22)23-3)17-14(21)10-24-16-19-18-13-7-5-4-6-8-20(13)16/h11-12H,4-10H2,1-3H3,(H,17,21)/t12-/m1/s1. The van der Waals surface area contributed by atoms with Crippen LogP contribution in [-0.4, -0.2) is 45.5 Å². The first-order chi connectivity index (χ1) is 11.5. The zero-order valence-electron chi connectivity index (χ0n) is 14.6. The SMILES string of the molecule is COC(=O)[C@@H](CC(C)C)NC(=O)CSc1nnc2n1CCCCC2. The third-order valence-corrected chi connectivity index (χ3v) is 4.90. The molecule has 7 nitrogen and oxygen atoms in total. The van der Waals surface area contributed by atoms with Crippen molar-refractivity contribution in [1.82, 2.24) is 20.1 Å². The van der Waals surface area contributed by atoms with Crippen molar-refractivity contribution in [2.45, 2.75) is 63.7 Å². The molecule has 0 aromatic carbocycles. The smallest absolute Gasteiger partial charge is 0.328 e. The van der Waals surface area contributed by atoms with Crippen molar-refractivity contribution in [1.29, 1.82) is 0 Å². The molecule has 1 aliphatic rings. The monoisotopic (exact) mass is 354 g/mol. The Bertz CT molecular complexity index is 574. The maximum absolute atomic E-state index is 12.2. The van der Waals surface area contributed by atoms with Gasteiger partial charge in [-0.1, -0.05) is 32.0 Å². The van der Waals surface area contributed by atoms with Gasteiger partial charge in [0.25, 0.3) is 0 Å². The number of hydrogen-bond donors (Lipinski definition) is 1. The average Bonchev–Trinajstić information content (AvgIpc) is 2.77. The van der Waals surface area contributed by atoms with Gasteiger partial charge in [-0.25, -0.2) is 4.79 Å². The Kier molecular flexibility index (Phi) is 7.08. The molecule has 1 N–H and O–H groups in total. The first kappa shape index (κ1) is 18.8. The maximum atomic E-state index is 12.2. The molecule has 1 atom stereocenters. The van der Waals surface area contributed by atoms with Gasteiger partial charge in [0.15, 0.2) is 5.16 Å². The zero-order valence-corrected chi connectivity index (χ0v) is 15.4. The molecule has 0 fully saturated rings. The molecule has 0 spiro atoms. The molecule has 134 valence electrons. The van der Waals surface area contributed by atoms with Crippen LogP contribution in [0.3, 0.4) is 0 Å². The first-order valence-electron chi connectivity index (χ1n) is 8.43. The van der Waals surface area contributed by atoms with E-state index in [4.69, 9.17) is 4.74 Å². The van der Waals surface area contributed by atoms with Crippen LogP contribution in [0.4, 0.5) is 0 Å². The van der Waals surface area contributed by atoms with E-state index in [-0.39, 0.29) is 17.6 Å². The third-order valence-electron chi connectivity index (χ3n) is 3.94. The lowest BCUT2D eigenvalue weighted by Crippen LogP contribution is -2.43. The Morgan fingerprint density at radius 1 is 1.29 bits per heavy atom. The van der Waals surface area contributed by atoms with Crippen molar-refractivity contribution in [2.75, 3.05) is 12.9 Å². The van der Waals surface area contributed by atoms with Crippen molar-refractivity contribution in [2.24, 2.45) is 5.92 Å². The summed E-state index contributed by atoms with van der Waals surface area (Å²) in [6.07, 6.45) is 4.95. The molecule has 1 amide bonds. The number of aromatic nitrogens is 3. The van der Waals surface area contributed by atoms with Gasteiger partial charge < -0.3 is 14.6 Å². The molecule has 1 aromatic heterocycles. The summed E-state index contributed by atoms with van der Waals surface area (Å²) >= 11 is 1.36. The van der Waals surface area contributed by atoms with Gasteiger partial charge in [0.05, 0.1) is 12.9 Å². The summed E-state index contributed by atoms with van der Waals surface area (Å²) in [5.74, 6) is 0.904. The number of carbonyl (C=O) groups is 2. The number of esters is 1. The zero-order chi connectivity index (χ0) is 17.5. The number of nitrogens with zero attached hydrogens (tertiary/aromatic N) is 3. The van der Waals surface area contributed by atoms with Crippen LogP contribution in [0.25, 0.3) is 0 Å². The quantitative estimate of drug-likeness (QED) is 0.593. The Morgan fingerprint density at radius 3 is 2.79 bits per heavy atom. The number of aryl methyl sites for hydroxylation is 1. The molecule has 0 aliphatic carbocycles. The van der Waals surface area contributed by atoms with E-state index in [0.717, 1.165) is 36.8 Å². The number of amides is 1. The van der Waals surface area contributed by atoms with Crippen LogP contribution < -0.4 is 5.32 Å². The van der Waals surface area contributed by atoms with E-state index in [1.807, 2.05) is 13.8 Å². The second kappa shape index (κ2) is 9.05. The van der Waals surface area contributed by atoms with Gasteiger partial charge in [-0.2, -0.15) is 0 Å². The van der Waals surface area contributed by atoms with Crippen molar-refractivity contribution >= 4 is 23.6 Å². The summed E-state index contributed by atoms with van der Waals surface area (Å²) < 4.78 is 6.87. The molecule has 0 unspecified atom stereocenters. The van der Waals surface area contributed by atoms with E-state index in [1.54, 1.807) is 0 Å². The van der Waals surface area contributed by atoms with Gasteiger partial charge in [0.2, 0.25) is 5.91 Å². The van der Waals surface area contributed by atoms with Crippen molar-refractivity contribution in [3.8, 4) is 0 Å². The molecule has 0 saturated carbocycles. The minimum Gasteiger partial charge on any atom is -0.467 e. The molecule has 0 bridgehead atoms. The largest absolute Gasteiger partial charge is 0.467 e. The molecule has 1 aromatic rings. The van der Waals surface area contributed by atoms with E-state index >= 15 is 0 Å². The molecular weight excluding hydrogens is 328 g/mol. The lowest BCUT2D eigenvalue weighted by atomic mass is 10.0. The van der Waals surface area contributed by atoms with Crippen molar-refractivity contribution in [3.63, 3.8) is 0 Å². The van der Waals surface area contributed by atoms with Crippen LogP contribution in [0, 0.1) is 5.92 Å². The normalized spacial score (nSPS) is 15.5. The van der Waals surface area contributed by atoms with Crippen LogP contribution in [0.15, 0.2) is 5.16 Å². The maximum Gasteiger partial charge on any atom is 0.328 e. The molecule has 0 radical (unpaired) electrons. The molecular formula is C16H26N4O3S. The Balaban J connectivity index is 1.90. The number of carbonyl (C=O) groups excluding carboxylic acids is 2. The van der Waals surface area contributed by atoms with Crippen molar-refractivity contribution in [3.05, 3.63) is 5.82 Å². The summed E-state index contributed by atoms with van der Waals surface area (Å²) in [6.45, 7) is 4.91. The van der Waals surface area contributed by atoms with E-state index < -0.39 is 12.0 Å². The minimum atomic E-state index is -0.599. The van der Waals surface area contributed by atoms with Gasteiger partial charge in [-0.15, -0.1) is 10.2 Å². The van der Waals surface area contributed by atoms with E-state index in [1.165, 1.54) is 25.3 Å². The van der Waals surface area contributed by atoms with E-state index in [0.29, 0.717) is 6.42 Å². The number of ether oxygens (including phenoxy) is 1. The summed E-state index contributed by atoms with van der Waals surface area (Å²) in [4.78, 5) is 24.0. The molecule has 1 aliphatic heterocycles. The highest BCUT2D eigenvalue weighted by atomic mass is 32.2. The fourth-order valence-electron chi connectivity index (χ4n) is 2.76. The van der Waals surface area contributed by atoms with Crippen LogP contribution >= 0.6 is 11.8 Å². The second-order valence-corrected chi connectivity index (χ2v) is 7.37. The topological polar surface area (TPSA) is 86.1 Å². The van der Waals surface area contributed by atoms with Gasteiger partial charge >= 0.3 is 5.97 Å². The summed E-state index contributed by atoms with van der Waals surface area (Å²) in [7, 11) is 1.34. The molecule has 0 saturated heterocycles. The Morgan fingerprint density at radius 2 is 2.08 bits per heavy atom. The van der Waals surface area contributed by atoms with Gasteiger partial charge in [-0.05, 0) is 25.2 Å². The summed E-state index contributed by atoms with van der Waals surface area (Å²) in [6, 6.07) is -0.599. The summed E-state index contributed by atoms with van der Waals surface area (Å²) in [5, 5.41) is 12.0. The van der Waals surface area contributed by atoms with Crippen LogP contribution in [0.1, 0.15) is 45.4 Å². The van der Waals surface area contributed by atoms with Gasteiger partial charge in [0, 0.05) is 13.0 Å². The van der Waals surface area contributed by atoms with Crippen LogP contribution in [0.2, 0.25) is 0 Å². The highest BCUT2D eigenvalue weighted by Gasteiger charge is 2.23. The van der Waals surface area contributed by atoms with Gasteiger partial charge in [-0.3, -0.25) is 4.79 Å². The molecule has 24 heavy (non-hydrogen) atoms. The number of methoxy groups -OCH3 is 1. The minimum absolute atomic E-state index is 0.193. The number of rotatable bonds is 7. The van der Waals surface area contributed by atoms with E-state index in [9.17, 15) is 9.59 Å². The number of thioether (sulfide) groups is 1. The fraction of sp³-hybridized carbons (Fsp3) is 0.750. The highest BCUT2D eigenvalue weighted by molar-refractivity contribution is 7.99. The first-order valence-corrected chi connectivity index (χ1v) is 9.42. The molecule has 2 rings (SSSR count). The van der Waals surface area contributed by atoms with E-state index in [2.05, 4.69) is 20.1 Å². The summed E-state index contributed by atoms with van der Waals surface area (Å²) in [5.41, 5.74) is 0. The lowest BCUT2D eigenvalue weighted by Gasteiger charge is -2.18. The number of hydrogen-bond acceptors (Lipinski definition) is 6. The predicted octanol–water partition coefficient (Wildman–Crippen LogP) is 1.80. The average molecular weight is 354 g/mol. The third kappa shape index (κ3) is 5.22. The molecule has 2 heterocycles. The van der Waals surface area contributed by atoms with Crippen molar-refractivity contribution < 1.29 is 14.3 Å². The Labute approximate surface area is 146 Å². The number of fused-ring (bicyclic) bond motifs is 1. The van der Waals surface area contributed by atoms with Gasteiger partial charge in [0.1, 0.15) is 11.9 Å². The fourth-order valence-corrected chi connectivity index (χ4v) is 3.55. The van der Waals surface area contributed by atoms with Crippen LogP contribution in [-0.2, 0) is 27.3 Å². The second-order valence-electron chi connectivity index (χ2n) is 6.42. The number of nitrogens with one attached hydrogen (secondary N) is 1. The van der Waals surface area contributed by atoms with Crippen LogP contribution in [0.5, 0.6) is 0 Å². The lowest BCUT2D eigenvalue weighted by molar-refractivity contribution is -0.145. The predicted molar refractivity (Wildman–Crippen MR) is 91.7 cm³/mol. The Hall–Kier alpha value is -1.57. The molecule has 8 heteroatoms. The highest BCUT2D eigenvalue weighted by Crippen LogP contribution is 2.21.